The lowest BCUT2D eigenvalue weighted by Crippen LogP contribution is -2.36. The summed E-state index contributed by atoms with van der Waals surface area (Å²) in [5, 5.41) is 13.2. The molecule has 1 aliphatic rings. The van der Waals surface area contributed by atoms with E-state index in [1.807, 2.05) is 0 Å². The zero-order valence-corrected chi connectivity index (χ0v) is 10.1. The molecule has 0 radical (unpaired) electrons. The average molecular weight is 257 g/mol. The molecule has 0 aliphatic carbocycles. The molecule has 1 atom stereocenters. The van der Waals surface area contributed by atoms with Crippen molar-refractivity contribution in [1.82, 2.24) is 0 Å². The van der Waals surface area contributed by atoms with Gasteiger partial charge in [0, 0.05) is 17.7 Å². The highest BCUT2D eigenvalue weighted by Crippen LogP contribution is 2.38. The fourth-order valence-corrected chi connectivity index (χ4v) is 2.39. The molecule has 2 N–H and O–H groups in total. The van der Waals surface area contributed by atoms with Gasteiger partial charge in [0.2, 0.25) is 0 Å². The predicted octanol–water partition coefficient (Wildman–Crippen LogP) is 2.21. The molecule has 1 aliphatic heterocycles. The van der Waals surface area contributed by atoms with Crippen LogP contribution in [0.3, 0.4) is 0 Å². The minimum absolute atomic E-state index is 0.0808. The maximum atomic E-state index is 13.7. The first-order valence-electron chi connectivity index (χ1n) is 5.98. The molecule has 0 aromatic heterocycles. The van der Waals surface area contributed by atoms with Crippen molar-refractivity contribution in [2.24, 2.45) is 0 Å². The van der Waals surface area contributed by atoms with Gasteiger partial charge in [-0.25, -0.2) is 4.39 Å². The average Bonchev–Trinajstić information content (AvgIpc) is 2.65. The summed E-state index contributed by atoms with van der Waals surface area (Å²) in [5.41, 5.74) is -0.329. The number of benzene rings is 2. The topological polar surface area (TPSA) is 49.3 Å². The van der Waals surface area contributed by atoms with Crippen LogP contribution in [0.5, 0.6) is 0 Å². The third-order valence-electron chi connectivity index (χ3n) is 3.40. The maximum absolute atomic E-state index is 13.7. The fraction of sp³-hybridized carbons (Fsp3) is 0.133. The summed E-state index contributed by atoms with van der Waals surface area (Å²) in [6, 6.07) is 13.0. The molecule has 1 unspecified atom stereocenters. The van der Waals surface area contributed by atoms with Crippen LogP contribution >= 0.6 is 0 Å². The standard InChI is InChI=1S/C15H12FNO2/c16-12-7-3-1-5-10(12)9-15(19)11-6-2-4-8-13(11)17-14(15)18/h1-8,19H,9H2,(H,17,18). The zero-order chi connectivity index (χ0) is 13.5. The Balaban J connectivity index is 2.04. The highest BCUT2D eigenvalue weighted by Gasteiger charge is 2.45. The Morgan fingerprint density at radius 3 is 2.58 bits per heavy atom. The molecule has 3 rings (SSSR count). The van der Waals surface area contributed by atoms with Gasteiger partial charge in [0.25, 0.3) is 5.91 Å². The largest absolute Gasteiger partial charge is 0.375 e. The van der Waals surface area contributed by atoms with E-state index in [9.17, 15) is 14.3 Å². The Kier molecular flexibility index (Phi) is 2.61. The monoisotopic (exact) mass is 257 g/mol. The van der Waals surface area contributed by atoms with Gasteiger partial charge in [0.15, 0.2) is 5.60 Å². The molecule has 1 amide bonds. The highest BCUT2D eigenvalue weighted by atomic mass is 19.1. The van der Waals surface area contributed by atoms with Gasteiger partial charge in [-0.2, -0.15) is 0 Å². The summed E-state index contributed by atoms with van der Waals surface area (Å²) >= 11 is 0. The van der Waals surface area contributed by atoms with E-state index in [0.717, 1.165) is 0 Å². The number of amides is 1. The number of nitrogens with one attached hydrogen (secondary N) is 1. The number of fused-ring (bicyclic) bond motifs is 1. The van der Waals surface area contributed by atoms with Gasteiger partial charge < -0.3 is 10.4 Å². The van der Waals surface area contributed by atoms with E-state index < -0.39 is 17.3 Å². The molecule has 96 valence electrons. The van der Waals surface area contributed by atoms with E-state index in [2.05, 4.69) is 5.32 Å². The number of aliphatic hydroxyl groups is 1. The minimum Gasteiger partial charge on any atom is -0.375 e. The predicted molar refractivity (Wildman–Crippen MR) is 69.1 cm³/mol. The summed E-state index contributed by atoms with van der Waals surface area (Å²) in [7, 11) is 0. The van der Waals surface area contributed by atoms with Crippen LogP contribution in [0.25, 0.3) is 0 Å². The SMILES string of the molecule is O=C1Nc2ccccc2C1(O)Cc1ccccc1F. The van der Waals surface area contributed by atoms with Crippen LogP contribution in [0.1, 0.15) is 11.1 Å². The van der Waals surface area contributed by atoms with E-state index >= 15 is 0 Å². The van der Waals surface area contributed by atoms with Crippen LogP contribution in [-0.4, -0.2) is 11.0 Å². The second-order valence-electron chi connectivity index (χ2n) is 4.63. The molecule has 3 nitrogen and oxygen atoms in total. The first-order chi connectivity index (χ1) is 9.11. The van der Waals surface area contributed by atoms with Gasteiger partial charge in [-0.05, 0) is 17.7 Å². The van der Waals surface area contributed by atoms with E-state index in [0.29, 0.717) is 16.8 Å². The van der Waals surface area contributed by atoms with Gasteiger partial charge in [-0.15, -0.1) is 0 Å². The van der Waals surface area contributed by atoms with Crippen LogP contribution < -0.4 is 5.32 Å². The molecular weight excluding hydrogens is 245 g/mol. The third kappa shape index (κ3) is 1.81. The smallest absolute Gasteiger partial charge is 0.261 e. The molecule has 0 saturated heterocycles. The highest BCUT2D eigenvalue weighted by molar-refractivity contribution is 6.05. The van der Waals surface area contributed by atoms with Gasteiger partial charge >= 0.3 is 0 Å². The van der Waals surface area contributed by atoms with E-state index in [4.69, 9.17) is 0 Å². The lowest BCUT2D eigenvalue weighted by atomic mass is 9.88. The van der Waals surface area contributed by atoms with Crippen LogP contribution in [0, 0.1) is 5.82 Å². The van der Waals surface area contributed by atoms with Crippen molar-refractivity contribution < 1.29 is 14.3 Å². The van der Waals surface area contributed by atoms with Crippen molar-refractivity contribution in [1.29, 1.82) is 0 Å². The van der Waals surface area contributed by atoms with Gasteiger partial charge in [0.1, 0.15) is 5.82 Å². The van der Waals surface area contributed by atoms with Crippen molar-refractivity contribution in [2.45, 2.75) is 12.0 Å². The van der Waals surface area contributed by atoms with E-state index in [-0.39, 0.29) is 6.42 Å². The quantitative estimate of drug-likeness (QED) is 0.866. The second-order valence-corrected chi connectivity index (χ2v) is 4.63. The summed E-state index contributed by atoms with van der Waals surface area (Å²) < 4.78 is 13.7. The van der Waals surface area contributed by atoms with Crippen LogP contribution in [0.2, 0.25) is 0 Å². The molecule has 2 aromatic rings. The number of hydrogen-bond donors (Lipinski definition) is 2. The first-order valence-corrected chi connectivity index (χ1v) is 5.98. The van der Waals surface area contributed by atoms with Crippen molar-refractivity contribution >= 4 is 11.6 Å². The number of carbonyl (C=O) groups is 1. The van der Waals surface area contributed by atoms with Crippen LogP contribution in [-0.2, 0) is 16.8 Å². The number of anilines is 1. The molecule has 0 saturated carbocycles. The number of hydrogen-bond acceptors (Lipinski definition) is 2. The Labute approximate surface area is 109 Å². The molecule has 0 fully saturated rings. The maximum Gasteiger partial charge on any atom is 0.261 e. The Hall–Kier alpha value is -2.20. The Bertz CT molecular complexity index is 656. The minimum atomic E-state index is -1.71. The molecule has 1 heterocycles. The molecule has 0 spiro atoms. The molecule has 4 heteroatoms. The van der Waals surface area contributed by atoms with Crippen molar-refractivity contribution in [3.05, 3.63) is 65.5 Å². The summed E-state index contributed by atoms with van der Waals surface area (Å²) in [4.78, 5) is 12.0. The zero-order valence-electron chi connectivity index (χ0n) is 10.1. The molecular formula is C15H12FNO2. The second kappa shape index (κ2) is 4.17. The van der Waals surface area contributed by atoms with E-state index in [1.54, 1.807) is 42.5 Å². The van der Waals surface area contributed by atoms with Crippen LogP contribution in [0.4, 0.5) is 10.1 Å². The Morgan fingerprint density at radius 1 is 1.11 bits per heavy atom. The number of carbonyl (C=O) groups excluding carboxylic acids is 1. The summed E-state index contributed by atoms with van der Waals surface area (Å²) in [6.07, 6.45) is -0.0808. The number of para-hydroxylation sites is 1. The molecule has 19 heavy (non-hydrogen) atoms. The number of halogens is 1. The summed E-state index contributed by atoms with van der Waals surface area (Å²) in [6.45, 7) is 0. The lowest BCUT2D eigenvalue weighted by molar-refractivity contribution is -0.133. The van der Waals surface area contributed by atoms with Gasteiger partial charge in [-0.3, -0.25) is 4.79 Å². The van der Waals surface area contributed by atoms with Crippen molar-refractivity contribution in [2.75, 3.05) is 5.32 Å². The summed E-state index contributed by atoms with van der Waals surface area (Å²) in [5.74, 6) is -0.940. The first kappa shape index (κ1) is 11.9. The molecule has 0 bridgehead atoms. The number of rotatable bonds is 2. The normalized spacial score (nSPS) is 21.1. The third-order valence-corrected chi connectivity index (χ3v) is 3.40. The Morgan fingerprint density at radius 2 is 1.79 bits per heavy atom. The van der Waals surface area contributed by atoms with Crippen molar-refractivity contribution in [3.8, 4) is 0 Å². The van der Waals surface area contributed by atoms with Crippen molar-refractivity contribution in [3.63, 3.8) is 0 Å². The molecule has 2 aromatic carbocycles. The van der Waals surface area contributed by atoms with Gasteiger partial charge in [0.05, 0.1) is 0 Å². The van der Waals surface area contributed by atoms with Crippen LogP contribution in [0.15, 0.2) is 48.5 Å². The lowest BCUT2D eigenvalue weighted by Gasteiger charge is -2.21. The van der Waals surface area contributed by atoms with E-state index in [1.165, 1.54) is 6.07 Å². The van der Waals surface area contributed by atoms with Gasteiger partial charge in [-0.1, -0.05) is 36.4 Å². The fourth-order valence-electron chi connectivity index (χ4n) is 2.39.